The van der Waals surface area contributed by atoms with Gasteiger partial charge >= 0.3 is 0 Å². The van der Waals surface area contributed by atoms with Crippen molar-refractivity contribution < 1.29 is 14.3 Å². The van der Waals surface area contributed by atoms with Gasteiger partial charge < -0.3 is 19.6 Å². The van der Waals surface area contributed by atoms with Gasteiger partial charge in [-0.15, -0.1) is 0 Å². The maximum Gasteiger partial charge on any atom is 0.181 e. The van der Waals surface area contributed by atoms with Crippen molar-refractivity contribution in [3.8, 4) is 17.2 Å². The van der Waals surface area contributed by atoms with Crippen molar-refractivity contribution in [2.75, 3.05) is 5.32 Å². The predicted molar refractivity (Wildman–Crippen MR) is 110 cm³/mol. The maximum atomic E-state index is 9.78. The minimum atomic E-state index is 0.166. The summed E-state index contributed by atoms with van der Waals surface area (Å²) in [5.41, 5.74) is 4.02. The lowest BCUT2D eigenvalue weighted by molar-refractivity contribution is 0.476. The number of hydrogen-bond acceptors (Lipinski definition) is 7. The zero-order valence-electron chi connectivity index (χ0n) is 15.5. The van der Waals surface area contributed by atoms with E-state index < -0.39 is 0 Å². The molecule has 7 heteroatoms. The minimum Gasteiger partial charge on any atom is -0.508 e. The van der Waals surface area contributed by atoms with Gasteiger partial charge in [-0.05, 0) is 61.0 Å². The van der Waals surface area contributed by atoms with Crippen LogP contribution < -0.4 is 10.1 Å². The fraction of sp³-hybridized carbons (Fsp3) is 0.0455. The van der Waals surface area contributed by atoms with Crippen LogP contribution >= 0.6 is 0 Å². The van der Waals surface area contributed by atoms with Crippen LogP contribution in [0.2, 0.25) is 0 Å². The van der Waals surface area contributed by atoms with E-state index in [2.05, 4.69) is 20.3 Å². The first-order chi connectivity index (χ1) is 14.2. The standard InChI is InChI=1S/C22H16N4O3/c1-13-8-14(26-22-17-9-15(27)3-5-18(17)23-11-24-22)2-7-20(13)29-16-4-6-19-21(10-16)28-12-25-19/h2-12,27H,1H3,(H,23,24,26). The summed E-state index contributed by atoms with van der Waals surface area (Å²) >= 11 is 0. The highest BCUT2D eigenvalue weighted by Gasteiger charge is 2.08. The number of aromatic nitrogens is 3. The van der Waals surface area contributed by atoms with Gasteiger partial charge in [-0.25, -0.2) is 15.0 Å². The third kappa shape index (κ3) is 3.29. The number of benzene rings is 3. The molecule has 0 aliphatic heterocycles. The number of rotatable bonds is 4. The lowest BCUT2D eigenvalue weighted by Gasteiger charge is -2.12. The first-order valence-corrected chi connectivity index (χ1v) is 8.98. The van der Waals surface area contributed by atoms with E-state index in [1.807, 2.05) is 43.3 Å². The summed E-state index contributed by atoms with van der Waals surface area (Å²) in [5.74, 6) is 2.20. The largest absolute Gasteiger partial charge is 0.508 e. The fourth-order valence-electron chi connectivity index (χ4n) is 3.15. The van der Waals surface area contributed by atoms with E-state index in [9.17, 15) is 5.11 Å². The van der Waals surface area contributed by atoms with Gasteiger partial charge in [0.05, 0.1) is 5.52 Å². The number of nitrogens with zero attached hydrogens (tertiary/aromatic N) is 3. The van der Waals surface area contributed by atoms with Crippen LogP contribution in [0.3, 0.4) is 0 Å². The van der Waals surface area contributed by atoms with Gasteiger partial charge in [0.15, 0.2) is 12.0 Å². The molecule has 0 bridgehead atoms. The number of nitrogens with one attached hydrogen (secondary N) is 1. The number of aromatic hydroxyl groups is 1. The topological polar surface area (TPSA) is 93.3 Å². The summed E-state index contributed by atoms with van der Waals surface area (Å²) in [7, 11) is 0. The zero-order chi connectivity index (χ0) is 19.8. The summed E-state index contributed by atoms with van der Waals surface area (Å²) in [6.45, 7) is 1.97. The van der Waals surface area contributed by atoms with E-state index in [4.69, 9.17) is 9.15 Å². The molecule has 0 saturated carbocycles. The van der Waals surface area contributed by atoms with Crippen molar-refractivity contribution in [2.24, 2.45) is 0 Å². The number of ether oxygens (including phenoxy) is 1. The second kappa shape index (κ2) is 6.79. The smallest absolute Gasteiger partial charge is 0.181 e. The molecule has 0 radical (unpaired) electrons. The molecule has 7 nitrogen and oxygen atoms in total. The molecule has 0 aliphatic rings. The lowest BCUT2D eigenvalue weighted by Crippen LogP contribution is -1.97. The summed E-state index contributed by atoms with van der Waals surface area (Å²) in [5, 5.41) is 13.8. The van der Waals surface area contributed by atoms with E-state index in [-0.39, 0.29) is 5.75 Å². The summed E-state index contributed by atoms with van der Waals surface area (Å²) in [6, 6.07) is 16.3. The Morgan fingerprint density at radius 1 is 0.931 bits per heavy atom. The van der Waals surface area contributed by atoms with E-state index >= 15 is 0 Å². The molecule has 0 fully saturated rings. The lowest BCUT2D eigenvalue weighted by atomic mass is 10.2. The van der Waals surface area contributed by atoms with Crippen molar-refractivity contribution >= 4 is 33.5 Å². The molecule has 142 valence electrons. The number of anilines is 2. The van der Waals surface area contributed by atoms with Gasteiger partial charge in [0.25, 0.3) is 0 Å². The van der Waals surface area contributed by atoms with Crippen molar-refractivity contribution in [2.45, 2.75) is 6.92 Å². The SMILES string of the molecule is Cc1cc(Nc2ncnc3ccc(O)cc23)ccc1Oc1ccc2ncoc2c1. The van der Waals surface area contributed by atoms with Crippen molar-refractivity contribution in [1.29, 1.82) is 0 Å². The molecular weight excluding hydrogens is 368 g/mol. The zero-order valence-corrected chi connectivity index (χ0v) is 15.5. The first-order valence-electron chi connectivity index (χ1n) is 8.98. The quantitative estimate of drug-likeness (QED) is 0.433. The van der Waals surface area contributed by atoms with Crippen LogP contribution in [0.1, 0.15) is 5.56 Å². The Balaban J connectivity index is 1.42. The van der Waals surface area contributed by atoms with Gasteiger partial charge in [0.2, 0.25) is 0 Å². The molecule has 3 aromatic carbocycles. The number of phenols is 1. The molecule has 0 amide bonds. The van der Waals surface area contributed by atoms with Crippen molar-refractivity contribution in [3.63, 3.8) is 0 Å². The molecule has 0 spiro atoms. The molecule has 0 unspecified atom stereocenters. The van der Waals surface area contributed by atoms with Gasteiger partial charge in [-0.2, -0.15) is 0 Å². The number of hydrogen-bond donors (Lipinski definition) is 2. The van der Waals surface area contributed by atoms with Crippen LogP contribution in [-0.2, 0) is 0 Å². The molecule has 5 aromatic rings. The molecule has 29 heavy (non-hydrogen) atoms. The highest BCUT2D eigenvalue weighted by Crippen LogP contribution is 2.31. The third-order valence-electron chi connectivity index (χ3n) is 4.59. The van der Waals surface area contributed by atoms with E-state index in [0.717, 1.165) is 33.4 Å². The van der Waals surface area contributed by atoms with Gasteiger partial charge in [-0.1, -0.05) is 0 Å². The molecule has 0 atom stereocenters. The van der Waals surface area contributed by atoms with Crippen LogP contribution in [0.5, 0.6) is 17.2 Å². The van der Waals surface area contributed by atoms with E-state index in [1.165, 1.54) is 12.7 Å². The van der Waals surface area contributed by atoms with Crippen molar-refractivity contribution in [3.05, 3.63) is 72.9 Å². The molecule has 2 N–H and O–H groups in total. The van der Waals surface area contributed by atoms with Gasteiger partial charge in [0.1, 0.15) is 34.9 Å². The van der Waals surface area contributed by atoms with Crippen LogP contribution in [0, 0.1) is 6.92 Å². The molecule has 2 aromatic heterocycles. The highest BCUT2D eigenvalue weighted by atomic mass is 16.5. The molecule has 0 saturated heterocycles. The summed E-state index contributed by atoms with van der Waals surface area (Å²) in [4.78, 5) is 12.6. The van der Waals surface area contributed by atoms with E-state index in [1.54, 1.807) is 18.2 Å². The average molecular weight is 384 g/mol. The molecule has 2 heterocycles. The Morgan fingerprint density at radius 2 is 1.83 bits per heavy atom. The third-order valence-corrected chi connectivity index (χ3v) is 4.59. The number of oxazole rings is 1. The van der Waals surface area contributed by atoms with Crippen LogP contribution in [0.4, 0.5) is 11.5 Å². The Labute approximate surface area is 165 Å². The number of phenolic OH excluding ortho intramolecular Hbond substituents is 1. The van der Waals surface area contributed by atoms with Gasteiger partial charge in [-0.3, -0.25) is 0 Å². The Kier molecular flexibility index (Phi) is 3.98. The molecule has 5 rings (SSSR count). The maximum absolute atomic E-state index is 9.78. The average Bonchev–Trinajstić information content (AvgIpc) is 3.18. The Bertz CT molecular complexity index is 1350. The fourth-order valence-corrected chi connectivity index (χ4v) is 3.15. The predicted octanol–water partition coefficient (Wildman–Crippen LogP) is 5.32. The van der Waals surface area contributed by atoms with E-state index in [0.29, 0.717) is 17.2 Å². The second-order valence-electron chi connectivity index (χ2n) is 6.61. The summed E-state index contributed by atoms with van der Waals surface area (Å²) < 4.78 is 11.3. The van der Waals surface area contributed by atoms with Crippen molar-refractivity contribution in [1.82, 2.24) is 15.0 Å². The monoisotopic (exact) mass is 384 g/mol. The van der Waals surface area contributed by atoms with Gasteiger partial charge in [0, 0.05) is 17.1 Å². The normalized spacial score (nSPS) is 11.1. The number of aryl methyl sites for hydroxylation is 1. The second-order valence-corrected chi connectivity index (χ2v) is 6.61. The Hall–Kier alpha value is -4.13. The summed E-state index contributed by atoms with van der Waals surface area (Å²) in [6.07, 6.45) is 2.91. The van der Waals surface area contributed by atoms with Crippen LogP contribution in [0.25, 0.3) is 22.0 Å². The Morgan fingerprint density at radius 3 is 2.72 bits per heavy atom. The van der Waals surface area contributed by atoms with Crippen LogP contribution in [0.15, 0.2) is 71.7 Å². The van der Waals surface area contributed by atoms with Crippen LogP contribution in [-0.4, -0.2) is 20.1 Å². The first kappa shape index (κ1) is 17.0. The molecular formula is C22H16N4O3. The number of fused-ring (bicyclic) bond motifs is 2. The molecule has 0 aliphatic carbocycles. The highest BCUT2D eigenvalue weighted by molar-refractivity contribution is 5.91. The minimum absolute atomic E-state index is 0.166.